The number of fused-ring (bicyclic) bond motifs is 2. The molecule has 7 nitrogen and oxygen atoms in total. The van der Waals surface area contributed by atoms with E-state index in [2.05, 4.69) is 20.5 Å². The summed E-state index contributed by atoms with van der Waals surface area (Å²) in [6.07, 6.45) is 9.66. The number of carbonyl (C=O) groups is 1. The van der Waals surface area contributed by atoms with Gasteiger partial charge in [0.2, 0.25) is 0 Å². The van der Waals surface area contributed by atoms with Crippen LogP contribution in [0.25, 0.3) is 16.4 Å². The van der Waals surface area contributed by atoms with Crippen LogP contribution in [0.15, 0.2) is 58.5 Å². The summed E-state index contributed by atoms with van der Waals surface area (Å²) in [4.78, 5) is 30.4. The number of pyridine rings is 1. The third-order valence-corrected chi connectivity index (χ3v) is 7.84. The Morgan fingerprint density at radius 2 is 1.97 bits per heavy atom. The smallest absolute Gasteiger partial charge is 0.272 e. The molecule has 2 aliphatic carbocycles. The summed E-state index contributed by atoms with van der Waals surface area (Å²) < 4.78 is 1.84. The van der Waals surface area contributed by atoms with Crippen LogP contribution in [0.4, 0.5) is 0 Å². The molecule has 2 saturated carbocycles. The maximum absolute atomic E-state index is 12.8. The number of hydrogen-bond donors (Lipinski definition) is 2. The minimum atomic E-state index is -0.137. The molecule has 0 bridgehead atoms. The van der Waals surface area contributed by atoms with Crippen molar-refractivity contribution in [3.63, 3.8) is 0 Å². The lowest BCUT2D eigenvalue weighted by molar-refractivity contribution is -0.0197. The average Bonchev–Trinajstić information content (AvgIpc) is 3.18. The topological polar surface area (TPSA) is 92.1 Å². The van der Waals surface area contributed by atoms with Gasteiger partial charge in [0.25, 0.3) is 11.5 Å². The number of amides is 1. The van der Waals surface area contributed by atoms with Crippen LogP contribution in [-0.4, -0.2) is 37.8 Å². The van der Waals surface area contributed by atoms with Crippen LogP contribution >= 0.6 is 11.8 Å². The number of thioether (sulfide) groups is 1. The fraction of sp³-hybridized carbons (Fsp3) is 0.333. The molecule has 1 aromatic carbocycles. The van der Waals surface area contributed by atoms with Gasteiger partial charge >= 0.3 is 0 Å². The summed E-state index contributed by atoms with van der Waals surface area (Å²) >= 11 is 1.66. The van der Waals surface area contributed by atoms with Gasteiger partial charge in [-0.15, -0.1) is 11.8 Å². The molecule has 3 heterocycles. The monoisotopic (exact) mass is 445 g/mol. The molecule has 0 saturated heterocycles. The normalized spacial score (nSPS) is 24.4. The first-order valence-electron chi connectivity index (χ1n) is 10.8. The van der Waals surface area contributed by atoms with Crippen LogP contribution in [0.3, 0.4) is 0 Å². The van der Waals surface area contributed by atoms with Gasteiger partial charge in [-0.25, -0.2) is 10.1 Å². The van der Waals surface area contributed by atoms with E-state index < -0.39 is 0 Å². The van der Waals surface area contributed by atoms with Gasteiger partial charge in [-0.3, -0.25) is 14.0 Å². The molecule has 8 heteroatoms. The Hall–Kier alpha value is -3.13. The molecule has 6 rings (SSSR count). The summed E-state index contributed by atoms with van der Waals surface area (Å²) in [5, 5.41) is 11.9. The molecule has 2 aliphatic rings. The van der Waals surface area contributed by atoms with E-state index in [0.717, 1.165) is 47.3 Å². The molecule has 1 spiro atoms. The number of rotatable bonds is 4. The molecule has 1 amide bonds. The third-order valence-electron chi connectivity index (χ3n) is 7.12. The highest BCUT2D eigenvalue weighted by Gasteiger charge is 2.54. The highest BCUT2D eigenvalue weighted by Crippen LogP contribution is 2.62. The van der Waals surface area contributed by atoms with Gasteiger partial charge < -0.3 is 5.32 Å². The first-order chi connectivity index (χ1) is 15.5. The van der Waals surface area contributed by atoms with Gasteiger partial charge in [-0.1, -0.05) is 18.2 Å². The van der Waals surface area contributed by atoms with Crippen LogP contribution in [0.5, 0.6) is 0 Å². The van der Waals surface area contributed by atoms with Crippen molar-refractivity contribution in [1.29, 1.82) is 0 Å². The number of nitrogens with zero attached hydrogens (tertiary/aromatic N) is 3. The Labute approximate surface area is 188 Å². The maximum Gasteiger partial charge on any atom is 0.272 e. The Morgan fingerprint density at radius 1 is 1.19 bits per heavy atom. The van der Waals surface area contributed by atoms with Gasteiger partial charge in [-0.05, 0) is 55.6 Å². The lowest BCUT2D eigenvalue weighted by atomic mass is 9.49. The molecule has 3 aromatic heterocycles. The van der Waals surface area contributed by atoms with E-state index in [0.29, 0.717) is 17.0 Å². The molecule has 2 N–H and O–H groups in total. The van der Waals surface area contributed by atoms with Gasteiger partial charge in [0.1, 0.15) is 11.3 Å². The molecule has 32 heavy (non-hydrogen) atoms. The summed E-state index contributed by atoms with van der Waals surface area (Å²) in [7, 11) is 0. The van der Waals surface area contributed by atoms with Gasteiger partial charge in [0.15, 0.2) is 0 Å². The third kappa shape index (κ3) is 3.04. The Bertz CT molecular complexity index is 1410. The fourth-order valence-corrected chi connectivity index (χ4v) is 5.98. The zero-order valence-corrected chi connectivity index (χ0v) is 18.5. The van der Waals surface area contributed by atoms with E-state index in [1.54, 1.807) is 18.0 Å². The van der Waals surface area contributed by atoms with Crippen LogP contribution in [0.2, 0.25) is 0 Å². The number of aromatic amines is 1. The van der Waals surface area contributed by atoms with Crippen LogP contribution in [-0.2, 0) is 0 Å². The van der Waals surface area contributed by atoms with Crippen LogP contribution in [0.1, 0.15) is 47.8 Å². The Kier molecular flexibility index (Phi) is 4.40. The van der Waals surface area contributed by atoms with Crippen molar-refractivity contribution in [1.82, 2.24) is 24.9 Å². The second kappa shape index (κ2) is 7.20. The first-order valence-corrected chi connectivity index (χ1v) is 12.1. The number of imidazole rings is 1. The van der Waals surface area contributed by atoms with Crippen molar-refractivity contribution in [3.05, 3.63) is 70.5 Å². The number of hydrogen-bond acceptors (Lipinski definition) is 5. The molecular weight excluding hydrogens is 422 g/mol. The SMILES string of the molecule is CSc1ccn2c(C(=O)NC3CC4(C3)CC(c3n[nH]c(=O)c5ccccc35)C4)cnc2c1. The van der Waals surface area contributed by atoms with Crippen molar-refractivity contribution in [2.45, 2.75) is 42.5 Å². The molecule has 0 atom stereocenters. The summed E-state index contributed by atoms with van der Waals surface area (Å²) in [5.74, 6) is 0.288. The summed E-state index contributed by atoms with van der Waals surface area (Å²) in [5.41, 5.74) is 2.50. The zero-order valence-electron chi connectivity index (χ0n) is 17.7. The average molecular weight is 446 g/mol. The lowest BCUT2D eigenvalue weighted by Crippen LogP contribution is -2.55. The Morgan fingerprint density at radius 3 is 2.75 bits per heavy atom. The fourth-order valence-electron chi connectivity index (χ4n) is 5.56. The second-order valence-electron chi connectivity index (χ2n) is 9.11. The largest absolute Gasteiger partial charge is 0.348 e. The highest BCUT2D eigenvalue weighted by molar-refractivity contribution is 7.98. The van der Waals surface area contributed by atoms with E-state index in [9.17, 15) is 9.59 Å². The number of H-pyrrole nitrogens is 1. The van der Waals surface area contributed by atoms with Crippen molar-refractivity contribution < 1.29 is 4.79 Å². The minimum Gasteiger partial charge on any atom is -0.348 e. The van der Waals surface area contributed by atoms with Gasteiger partial charge in [0.05, 0.1) is 17.3 Å². The van der Waals surface area contributed by atoms with Crippen molar-refractivity contribution in [3.8, 4) is 0 Å². The standard InChI is InChI=1S/C24H23N5O2S/c1-32-16-6-7-29-19(13-25-20(29)8-16)23(31)26-15-11-24(12-15)9-14(10-24)21-17-4-2-3-5-18(17)22(30)28-27-21/h2-8,13-15H,9-12H2,1H3,(H,26,31)(H,28,30). The van der Waals surface area contributed by atoms with Gasteiger partial charge in [-0.2, -0.15) is 5.10 Å². The molecule has 0 unspecified atom stereocenters. The van der Waals surface area contributed by atoms with Crippen LogP contribution < -0.4 is 10.9 Å². The summed E-state index contributed by atoms with van der Waals surface area (Å²) in [6, 6.07) is 11.9. The number of carbonyl (C=O) groups excluding carboxylic acids is 1. The minimum absolute atomic E-state index is 0.0709. The van der Waals surface area contributed by atoms with E-state index in [1.165, 1.54) is 0 Å². The highest BCUT2D eigenvalue weighted by atomic mass is 32.2. The number of nitrogens with one attached hydrogen (secondary N) is 2. The molecule has 162 valence electrons. The molecule has 2 fully saturated rings. The zero-order chi connectivity index (χ0) is 21.9. The number of aromatic nitrogens is 4. The van der Waals surface area contributed by atoms with Crippen LogP contribution in [0, 0.1) is 5.41 Å². The first kappa shape index (κ1) is 19.5. The second-order valence-corrected chi connectivity index (χ2v) is 9.99. The molecule has 0 aliphatic heterocycles. The van der Waals surface area contributed by atoms with Crippen molar-refractivity contribution in [2.24, 2.45) is 5.41 Å². The van der Waals surface area contributed by atoms with E-state index in [4.69, 9.17) is 0 Å². The van der Waals surface area contributed by atoms with E-state index in [-0.39, 0.29) is 22.9 Å². The Balaban J connectivity index is 1.11. The predicted molar refractivity (Wildman–Crippen MR) is 124 cm³/mol. The van der Waals surface area contributed by atoms with E-state index in [1.807, 2.05) is 53.3 Å². The van der Waals surface area contributed by atoms with Gasteiger partial charge in [0, 0.05) is 28.4 Å². The number of benzene rings is 1. The summed E-state index contributed by atoms with van der Waals surface area (Å²) in [6.45, 7) is 0. The predicted octanol–water partition coefficient (Wildman–Crippen LogP) is 3.75. The van der Waals surface area contributed by atoms with E-state index >= 15 is 0 Å². The molecule has 4 aromatic rings. The maximum atomic E-state index is 12.8. The lowest BCUT2D eigenvalue weighted by Gasteiger charge is -2.57. The quantitative estimate of drug-likeness (QED) is 0.467. The van der Waals surface area contributed by atoms with Crippen molar-refractivity contribution >= 4 is 34.1 Å². The van der Waals surface area contributed by atoms with Crippen molar-refractivity contribution in [2.75, 3.05) is 6.26 Å². The molecule has 0 radical (unpaired) electrons. The molecular formula is C24H23N5O2S.